The zero-order chi connectivity index (χ0) is 15.9. The highest BCUT2D eigenvalue weighted by molar-refractivity contribution is 7.12. The van der Waals surface area contributed by atoms with E-state index in [0.29, 0.717) is 16.0 Å². The molecule has 0 spiro atoms. The quantitative estimate of drug-likeness (QED) is 0.755. The van der Waals surface area contributed by atoms with Gasteiger partial charge in [-0.1, -0.05) is 12.1 Å². The molecule has 0 aliphatic carbocycles. The molecule has 1 aromatic carbocycles. The van der Waals surface area contributed by atoms with Gasteiger partial charge in [0.2, 0.25) is 0 Å². The van der Waals surface area contributed by atoms with E-state index in [4.69, 9.17) is 10.4 Å². The summed E-state index contributed by atoms with van der Waals surface area (Å²) in [5.41, 5.74) is 2.08. The van der Waals surface area contributed by atoms with Crippen molar-refractivity contribution in [1.82, 2.24) is 4.98 Å². The van der Waals surface area contributed by atoms with Crippen LogP contribution in [0.15, 0.2) is 47.3 Å². The average Bonchev–Trinajstić information content (AvgIpc) is 3.19. The maximum Gasteiger partial charge on any atom is 0.346 e. The molecule has 3 aromatic rings. The van der Waals surface area contributed by atoms with Gasteiger partial charge >= 0.3 is 5.97 Å². The van der Waals surface area contributed by atoms with Crippen LogP contribution in [0.1, 0.15) is 20.2 Å². The zero-order valence-electron chi connectivity index (χ0n) is 11.7. The molecule has 1 N–H and O–H groups in total. The molecule has 0 amide bonds. The minimum Gasteiger partial charge on any atom is -0.477 e. The second-order valence-corrected chi connectivity index (χ2v) is 6.22. The maximum atomic E-state index is 10.9. The number of hydrogen-bond acceptors (Lipinski definition) is 5. The molecule has 0 fully saturated rings. The Labute approximate surface area is 135 Å². The number of rotatable bonds is 2. The Kier molecular flexibility index (Phi) is 5.42. The van der Waals surface area contributed by atoms with Gasteiger partial charge in [-0.15, -0.1) is 22.7 Å². The summed E-state index contributed by atoms with van der Waals surface area (Å²) in [5.74, 6) is -0.922. The highest BCUT2D eigenvalue weighted by Crippen LogP contribution is 2.28. The van der Waals surface area contributed by atoms with E-state index in [1.807, 2.05) is 18.4 Å². The summed E-state index contributed by atoms with van der Waals surface area (Å²) in [7, 11) is 0. The third-order valence-electron chi connectivity index (χ3n) is 2.74. The predicted molar refractivity (Wildman–Crippen MR) is 88.3 cm³/mol. The van der Waals surface area contributed by atoms with E-state index in [1.54, 1.807) is 53.2 Å². The molecule has 110 valence electrons. The summed E-state index contributed by atoms with van der Waals surface area (Å²) in [5, 5.41) is 22.5. The highest BCUT2D eigenvalue weighted by Gasteiger charge is 2.12. The van der Waals surface area contributed by atoms with Gasteiger partial charge in [-0.05, 0) is 36.1 Å². The monoisotopic (exact) mass is 328 g/mol. The van der Waals surface area contributed by atoms with Gasteiger partial charge in [-0.2, -0.15) is 5.26 Å². The molecule has 2 heterocycles. The number of thiophene rings is 1. The summed E-state index contributed by atoms with van der Waals surface area (Å²) >= 11 is 2.86. The fourth-order valence-electron chi connectivity index (χ4n) is 1.72. The van der Waals surface area contributed by atoms with Gasteiger partial charge in [0.15, 0.2) is 0 Å². The van der Waals surface area contributed by atoms with E-state index in [2.05, 4.69) is 4.98 Å². The molecule has 4 nitrogen and oxygen atoms in total. The third-order valence-corrected chi connectivity index (χ3v) is 4.35. The first kappa shape index (κ1) is 15.9. The molecule has 0 bridgehead atoms. The van der Waals surface area contributed by atoms with Gasteiger partial charge in [-0.25, -0.2) is 4.79 Å². The summed E-state index contributed by atoms with van der Waals surface area (Å²) in [6.45, 7) is 1.99. The molecule has 0 unspecified atom stereocenters. The van der Waals surface area contributed by atoms with Crippen molar-refractivity contribution in [2.24, 2.45) is 0 Å². The first-order chi connectivity index (χ1) is 10.6. The average molecular weight is 328 g/mol. The lowest BCUT2D eigenvalue weighted by Crippen LogP contribution is -1.94. The number of nitriles is 1. The lowest BCUT2D eigenvalue weighted by molar-refractivity contribution is 0.0703. The van der Waals surface area contributed by atoms with Gasteiger partial charge < -0.3 is 5.11 Å². The topological polar surface area (TPSA) is 74.0 Å². The molecule has 6 heteroatoms. The van der Waals surface area contributed by atoms with Crippen molar-refractivity contribution in [3.05, 3.63) is 62.7 Å². The van der Waals surface area contributed by atoms with E-state index in [0.717, 1.165) is 10.6 Å². The van der Waals surface area contributed by atoms with E-state index in [1.165, 1.54) is 11.3 Å². The number of benzene rings is 1. The summed E-state index contributed by atoms with van der Waals surface area (Å²) in [4.78, 5) is 15.2. The zero-order valence-corrected chi connectivity index (χ0v) is 13.3. The second-order valence-electron chi connectivity index (χ2n) is 4.21. The Morgan fingerprint density at radius 3 is 2.36 bits per heavy atom. The van der Waals surface area contributed by atoms with Crippen LogP contribution in [0.25, 0.3) is 11.1 Å². The van der Waals surface area contributed by atoms with Crippen molar-refractivity contribution in [2.45, 2.75) is 6.92 Å². The van der Waals surface area contributed by atoms with Crippen LogP contribution in [0.5, 0.6) is 0 Å². The second kappa shape index (κ2) is 7.50. The van der Waals surface area contributed by atoms with Crippen molar-refractivity contribution >= 4 is 28.6 Å². The Balaban J connectivity index is 0.000000246. The summed E-state index contributed by atoms with van der Waals surface area (Å²) in [6, 6.07) is 10.7. The minimum atomic E-state index is -0.922. The normalized spacial score (nSPS) is 9.45. The van der Waals surface area contributed by atoms with E-state index in [9.17, 15) is 4.79 Å². The van der Waals surface area contributed by atoms with Crippen LogP contribution in [-0.4, -0.2) is 16.1 Å². The van der Waals surface area contributed by atoms with E-state index in [-0.39, 0.29) is 0 Å². The van der Waals surface area contributed by atoms with E-state index >= 15 is 0 Å². The van der Waals surface area contributed by atoms with Crippen molar-refractivity contribution < 1.29 is 9.90 Å². The Bertz CT molecular complexity index is 784. The molecule has 0 atom stereocenters. The van der Waals surface area contributed by atoms with Gasteiger partial charge in [0.25, 0.3) is 0 Å². The standard InChI is InChI=1S/C12H7NO2S.C4H5NS/c13-7-8-1-3-9(4-2-8)10-5-6-16-11(10)12(14)15;1-4-5-2-3-6-4/h1-6H,(H,14,15);2-3H,1H3. The summed E-state index contributed by atoms with van der Waals surface area (Å²) < 4.78 is 0. The molecule has 22 heavy (non-hydrogen) atoms. The van der Waals surface area contributed by atoms with Crippen LogP contribution in [0.3, 0.4) is 0 Å². The third kappa shape index (κ3) is 4.01. The lowest BCUT2D eigenvalue weighted by atomic mass is 10.1. The number of aromatic nitrogens is 1. The van der Waals surface area contributed by atoms with Crippen molar-refractivity contribution in [3.63, 3.8) is 0 Å². The predicted octanol–water partition coefficient (Wildman–Crippen LogP) is 4.44. The Hall–Kier alpha value is -2.49. The van der Waals surface area contributed by atoms with Gasteiger partial charge in [0, 0.05) is 17.1 Å². The number of hydrogen-bond donors (Lipinski definition) is 1. The number of carboxylic acids is 1. The molecule has 3 rings (SSSR count). The van der Waals surface area contributed by atoms with Gasteiger partial charge in [0.05, 0.1) is 16.6 Å². The number of carbonyl (C=O) groups is 1. The SMILES string of the molecule is Cc1nccs1.N#Cc1ccc(-c2ccsc2C(=O)O)cc1. The smallest absolute Gasteiger partial charge is 0.346 e. The molecule has 0 radical (unpaired) electrons. The lowest BCUT2D eigenvalue weighted by Gasteiger charge is -2.00. The number of carboxylic acid groups (broad SMARTS) is 1. The van der Waals surface area contributed by atoms with Crippen LogP contribution in [0.4, 0.5) is 0 Å². The first-order valence-corrected chi connectivity index (χ1v) is 8.05. The maximum absolute atomic E-state index is 10.9. The van der Waals surface area contributed by atoms with Crippen molar-refractivity contribution in [3.8, 4) is 17.2 Å². The molecular formula is C16H12N2O2S2. The van der Waals surface area contributed by atoms with Crippen LogP contribution in [0.2, 0.25) is 0 Å². The highest BCUT2D eigenvalue weighted by atomic mass is 32.1. The Morgan fingerprint density at radius 1 is 1.18 bits per heavy atom. The molecule has 0 saturated heterocycles. The Morgan fingerprint density at radius 2 is 1.91 bits per heavy atom. The largest absolute Gasteiger partial charge is 0.477 e. The molecule has 0 aliphatic rings. The van der Waals surface area contributed by atoms with Crippen LogP contribution in [0, 0.1) is 18.3 Å². The van der Waals surface area contributed by atoms with Crippen LogP contribution >= 0.6 is 22.7 Å². The fourth-order valence-corrected chi connectivity index (χ4v) is 2.92. The van der Waals surface area contributed by atoms with Gasteiger partial charge in [0.1, 0.15) is 4.88 Å². The van der Waals surface area contributed by atoms with Crippen LogP contribution < -0.4 is 0 Å². The number of thiazole rings is 1. The van der Waals surface area contributed by atoms with Crippen LogP contribution in [-0.2, 0) is 0 Å². The number of nitrogens with zero attached hydrogens (tertiary/aromatic N) is 2. The molecule has 0 aliphatic heterocycles. The first-order valence-electron chi connectivity index (χ1n) is 6.29. The fraction of sp³-hybridized carbons (Fsp3) is 0.0625. The molecule has 0 saturated carbocycles. The van der Waals surface area contributed by atoms with Crippen molar-refractivity contribution in [2.75, 3.05) is 0 Å². The minimum absolute atomic E-state index is 0.324. The summed E-state index contributed by atoms with van der Waals surface area (Å²) in [6.07, 6.45) is 1.81. The molecule has 2 aromatic heterocycles. The molecular weight excluding hydrogens is 316 g/mol. The number of aryl methyl sites for hydroxylation is 1. The van der Waals surface area contributed by atoms with Gasteiger partial charge in [-0.3, -0.25) is 4.98 Å². The number of aromatic carboxylic acids is 1. The van der Waals surface area contributed by atoms with Crippen molar-refractivity contribution in [1.29, 1.82) is 5.26 Å². The van der Waals surface area contributed by atoms with E-state index < -0.39 is 5.97 Å².